The van der Waals surface area contributed by atoms with E-state index in [2.05, 4.69) is 14.5 Å². The van der Waals surface area contributed by atoms with Gasteiger partial charge < -0.3 is 14.4 Å². The van der Waals surface area contributed by atoms with Gasteiger partial charge >= 0.3 is 12.1 Å². The van der Waals surface area contributed by atoms with Crippen molar-refractivity contribution in [2.75, 3.05) is 20.3 Å². The van der Waals surface area contributed by atoms with Crippen LogP contribution in [0.1, 0.15) is 11.4 Å². The van der Waals surface area contributed by atoms with Crippen molar-refractivity contribution in [3.63, 3.8) is 0 Å². The third kappa shape index (κ3) is 6.61. The molecule has 1 aliphatic rings. The van der Waals surface area contributed by atoms with Crippen LogP contribution in [0.3, 0.4) is 0 Å². The number of halogens is 4. The van der Waals surface area contributed by atoms with Crippen LogP contribution in [0.25, 0.3) is 0 Å². The zero-order valence-corrected chi connectivity index (χ0v) is 15.2. The lowest BCUT2D eigenvalue weighted by Gasteiger charge is -2.23. The van der Waals surface area contributed by atoms with Crippen molar-refractivity contribution in [3.8, 4) is 0 Å². The standard InChI is InChI=1S/C16H20FN3O.C2HF3O2/c1-21-12-14-9-19(8-13-2-4-15(17)5-3-13)11-16-18-6-7-20(16)10-14;3-2(4,5)1(6)7/h2-7,14H,8-12H2,1H3;(H,6,7). The number of carboxylic acids is 1. The molecule has 154 valence electrons. The first-order valence-electron chi connectivity index (χ1n) is 8.45. The zero-order chi connectivity index (χ0) is 20.7. The van der Waals surface area contributed by atoms with Gasteiger partial charge in [-0.3, -0.25) is 4.90 Å². The number of ether oxygens (including phenoxy) is 1. The number of imidazole rings is 1. The van der Waals surface area contributed by atoms with Crippen LogP contribution in [-0.4, -0.2) is 52.0 Å². The summed E-state index contributed by atoms with van der Waals surface area (Å²) in [5.74, 6) is -1.43. The molecule has 0 bridgehead atoms. The van der Waals surface area contributed by atoms with Gasteiger partial charge in [0.15, 0.2) is 0 Å². The second kappa shape index (κ2) is 9.65. The number of nitrogens with zero attached hydrogens (tertiary/aromatic N) is 3. The number of aliphatic carboxylic acids is 1. The van der Waals surface area contributed by atoms with Crippen LogP contribution in [-0.2, 0) is 29.2 Å². The van der Waals surface area contributed by atoms with Crippen LogP contribution >= 0.6 is 0 Å². The summed E-state index contributed by atoms with van der Waals surface area (Å²) in [6.07, 6.45) is -1.21. The zero-order valence-electron chi connectivity index (χ0n) is 15.2. The Morgan fingerprint density at radius 2 is 1.93 bits per heavy atom. The molecule has 6 nitrogen and oxygen atoms in total. The number of carbonyl (C=O) groups is 1. The van der Waals surface area contributed by atoms with E-state index in [-0.39, 0.29) is 5.82 Å². The molecule has 0 amide bonds. The number of alkyl halides is 3. The molecule has 1 unspecified atom stereocenters. The van der Waals surface area contributed by atoms with Gasteiger partial charge in [0.25, 0.3) is 0 Å². The van der Waals surface area contributed by atoms with Crippen molar-refractivity contribution in [3.05, 3.63) is 53.9 Å². The second-order valence-corrected chi connectivity index (χ2v) is 6.42. The van der Waals surface area contributed by atoms with Crippen molar-refractivity contribution >= 4 is 5.97 Å². The number of hydrogen-bond donors (Lipinski definition) is 1. The topological polar surface area (TPSA) is 67.6 Å². The molecule has 1 atom stereocenters. The maximum atomic E-state index is 13.0. The number of rotatable bonds is 4. The first-order chi connectivity index (χ1) is 13.2. The molecule has 1 aromatic carbocycles. The van der Waals surface area contributed by atoms with Gasteiger partial charge in [0.05, 0.1) is 13.2 Å². The molecule has 0 saturated carbocycles. The highest BCUT2D eigenvalue weighted by atomic mass is 19.4. The number of benzene rings is 1. The lowest BCUT2D eigenvalue weighted by Crippen LogP contribution is -2.29. The molecule has 0 fully saturated rings. The Balaban J connectivity index is 0.000000345. The second-order valence-electron chi connectivity index (χ2n) is 6.42. The summed E-state index contributed by atoms with van der Waals surface area (Å²) in [6, 6.07) is 6.72. The quantitative estimate of drug-likeness (QED) is 0.796. The first kappa shape index (κ1) is 21.8. The minimum absolute atomic E-state index is 0.192. The molecule has 0 radical (unpaired) electrons. The fourth-order valence-electron chi connectivity index (χ4n) is 2.93. The molecule has 28 heavy (non-hydrogen) atoms. The Kier molecular flexibility index (Phi) is 7.53. The maximum Gasteiger partial charge on any atom is 0.490 e. The normalized spacial score (nSPS) is 17.2. The Labute approximate surface area is 159 Å². The van der Waals surface area contributed by atoms with E-state index in [1.807, 2.05) is 24.5 Å². The highest BCUT2D eigenvalue weighted by Crippen LogP contribution is 2.18. The lowest BCUT2D eigenvalue weighted by atomic mass is 10.1. The molecule has 3 rings (SSSR count). The number of carboxylic acid groups (broad SMARTS) is 1. The van der Waals surface area contributed by atoms with Crippen molar-refractivity contribution in [2.24, 2.45) is 5.92 Å². The van der Waals surface area contributed by atoms with E-state index in [4.69, 9.17) is 14.6 Å². The minimum Gasteiger partial charge on any atom is -0.475 e. The number of hydrogen-bond acceptors (Lipinski definition) is 4. The van der Waals surface area contributed by atoms with E-state index in [0.29, 0.717) is 5.92 Å². The van der Waals surface area contributed by atoms with Gasteiger partial charge in [-0.25, -0.2) is 14.2 Å². The van der Waals surface area contributed by atoms with E-state index in [1.165, 1.54) is 12.1 Å². The molecule has 2 heterocycles. The van der Waals surface area contributed by atoms with E-state index in [1.54, 1.807) is 7.11 Å². The van der Waals surface area contributed by atoms with Crippen LogP contribution in [0.15, 0.2) is 36.7 Å². The summed E-state index contributed by atoms with van der Waals surface area (Å²) in [5, 5.41) is 7.12. The molecule has 0 spiro atoms. The van der Waals surface area contributed by atoms with Gasteiger partial charge in [0.1, 0.15) is 11.6 Å². The molecular formula is C18H21F4N3O3. The average Bonchev–Trinajstić information content (AvgIpc) is 2.96. The monoisotopic (exact) mass is 403 g/mol. The molecule has 1 aliphatic heterocycles. The fourth-order valence-corrected chi connectivity index (χ4v) is 2.93. The predicted octanol–water partition coefficient (Wildman–Crippen LogP) is 2.93. The molecule has 10 heteroatoms. The first-order valence-corrected chi connectivity index (χ1v) is 8.45. The maximum absolute atomic E-state index is 13.0. The number of aromatic nitrogens is 2. The minimum atomic E-state index is -5.08. The van der Waals surface area contributed by atoms with Gasteiger partial charge in [-0.15, -0.1) is 0 Å². The molecule has 0 aliphatic carbocycles. The smallest absolute Gasteiger partial charge is 0.475 e. The van der Waals surface area contributed by atoms with Crippen LogP contribution < -0.4 is 0 Å². The Morgan fingerprint density at radius 1 is 1.29 bits per heavy atom. The van der Waals surface area contributed by atoms with E-state index in [0.717, 1.165) is 44.2 Å². The lowest BCUT2D eigenvalue weighted by molar-refractivity contribution is -0.192. The largest absolute Gasteiger partial charge is 0.490 e. The fraction of sp³-hybridized carbons (Fsp3) is 0.444. The summed E-state index contributed by atoms with van der Waals surface area (Å²) < 4.78 is 52.3. The summed E-state index contributed by atoms with van der Waals surface area (Å²) in [4.78, 5) is 15.7. The molecule has 0 saturated heterocycles. The van der Waals surface area contributed by atoms with E-state index in [9.17, 15) is 17.6 Å². The van der Waals surface area contributed by atoms with Gasteiger partial charge in [-0.1, -0.05) is 12.1 Å². The summed E-state index contributed by atoms with van der Waals surface area (Å²) in [6.45, 7) is 4.23. The summed E-state index contributed by atoms with van der Waals surface area (Å²) in [7, 11) is 1.74. The Morgan fingerprint density at radius 3 is 2.50 bits per heavy atom. The Hall–Kier alpha value is -2.46. The van der Waals surface area contributed by atoms with Crippen LogP contribution in [0.5, 0.6) is 0 Å². The van der Waals surface area contributed by atoms with Crippen molar-refractivity contribution < 1.29 is 32.2 Å². The van der Waals surface area contributed by atoms with Crippen LogP contribution in [0.2, 0.25) is 0 Å². The van der Waals surface area contributed by atoms with Gasteiger partial charge in [0, 0.05) is 45.1 Å². The van der Waals surface area contributed by atoms with E-state index >= 15 is 0 Å². The van der Waals surface area contributed by atoms with Crippen molar-refractivity contribution in [1.82, 2.24) is 14.5 Å². The average molecular weight is 403 g/mol. The van der Waals surface area contributed by atoms with Crippen LogP contribution in [0.4, 0.5) is 17.6 Å². The predicted molar refractivity (Wildman–Crippen MR) is 91.8 cm³/mol. The number of methoxy groups -OCH3 is 1. The van der Waals surface area contributed by atoms with Crippen molar-refractivity contribution in [1.29, 1.82) is 0 Å². The summed E-state index contributed by atoms with van der Waals surface area (Å²) >= 11 is 0. The third-order valence-electron chi connectivity index (χ3n) is 4.10. The highest BCUT2D eigenvalue weighted by molar-refractivity contribution is 5.73. The van der Waals surface area contributed by atoms with Gasteiger partial charge in [-0.05, 0) is 17.7 Å². The third-order valence-corrected chi connectivity index (χ3v) is 4.10. The highest BCUT2D eigenvalue weighted by Gasteiger charge is 2.38. The molecular weight excluding hydrogens is 382 g/mol. The number of fused-ring (bicyclic) bond motifs is 1. The van der Waals surface area contributed by atoms with Crippen LogP contribution in [0, 0.1) is 11.7 Å². The van der Waals surface area contributed by atoms with E-state index < -0.39 is 12.1 Å². The molecule has 1 N–H and O–H groups in total. The Bertz CT molecular complexity index is 762. The SMILES string of the molecule is COCC1CN(Cc2ccc(F)cc2)Cc2nccn2C1.O=C(O)C(F)(F)F. The summed E-state index contributed by atoms with van der Waals surface area (Å²) in [5.41, 5.74) is 1.12. The molecule has 1 aromatic heterocycles. The molecule has 2 aromatic rings. The van der Waals surface area contributed by atoms with Crippen molar-refractivity contribution in [2.45, 2.75) is 25.8 Å². The van der Waals surface area contributed by atoms with Gasteiger partial charge in [-0.2, -0.15) is 13.2 Å². The van der Waals surface area contributed by atoms with Gasteiger partial charge in [0.2, 0.25) is 0 Å².